The van der Waals surface area contributed by atoms with E-state index in [1.165, 1.54) is 70.6 Å². The molecule has 5 heteroatoms. The molecule has 5 nitrogen and oxygen atoms in total. The Hall–Kier alpha value is -1.91. The maximum absolute atomic E-state index is 12.2. The molecular weight excluding hydrogens is 402 g/mol. The van der Waals surface area contributed by atoms with Crippen molar-refractivity contribution in [3.8, 4) is 0 Å². The maximum atomic E-state index is 12.2. The summed E-state index contributed by atoms with van der Waals surface area (Å²) in [7, 11) is 0. The minimum atomic E-state index is -0.486. The van der Waals surface area contributed by atoms with E-state index in [4.69, 9.17) is 9.47 Å². The lowest BCUT2D eigenvalue weighted by atomic mass is 10.1. The van der Waals surface area contributed by atoms with Crippen LogP contribution in [-0.2, 0) is 9.47 Å². The van der Waals surface area contributed by atoms with Crippen LogP contribution in [0.25, 0.3) is 0 Å². The lowest BCUT2D eigenvalue weighted by molar-refractivity contribution is 0.0482. The largest absolute Gasteiger partial charge is 0.461 e. The molecule has 0 amide bonds. The van der Waals surface area contributed by atoms with Gasteiger partial charge in [-0.05, 0) is 25.0 Å². The average molecular weight is 448 g/mol. The van der Waals surface area contributed by atoms with Gasteiger partial charge in [-0.3, -0.25) is 0 Å². The quantitative estimate of drug-likeness (QED) is 0.151. The second kappa shape index (κ2) is 19.8. The first-order valence-corrected chi connectivity index (χ1v) is 13.0. The van der Waals surface area contributed by atoms with E-state index in [1.807, 2.05) is 0 Å². The summed E-state index contributed by atoms with van der Waals surface area (Å²) >= 11 is 0. The molecule has 0 saturated heterocycles. The SMILES string of the molecule is CCCCCCCCCCCCCOC(=O)c1cccc(C(=O)OCCCCCCC)n1. The van der Waals surface area contributed by atoms with Gasteiger partial charge in [0.05, 0.1) is 13.2 Å². The number of unbranched alkanes of at least 4 members (excludes halogenated alkanes) is 14. The normalized spacial score (nSPS) is 10.8. The number of ether oxygens (including phenoxy) is 2. The van der Waals surface area contributed by atoms with Crippen molar-refractivity contribution in [1.29, 1.82) is 0 Å². The van der Waals surface area contributed by atoms with Crippen molar-refractivity contribution in [3.63, 3.8) is 0 Å². The predicted molar refractivity (Wildman–Crippen MR) is 130 cm³/mol. The highest BCUT2D eigenvalue weighted by Crippen LogP contribution is 2.12. The van der Waals surface area contributed by atoms with Crippen LogP contribution in [0.2, 0.25) is 0 Å². The maximum Gasteiger partial charge on any atom is 0.356 e. The zero-order valence-electron chi connectivity index (χ0n) is 20.5. The molecule has 1 aromatic rings. The van der Waals surface area contributed by atoms with E-state index in [2.05, 4.69) is 18.8 Å². The molecule has 1 heterocycles. The van der Waals surface area contributed by atoms with Crippen LogP contribution < -0.4 is 0 Å². The third-order valence-electron chi connectivity index (χ3n) is 5.63. The van der Waals surface area contributed by atoms with Gasteiger partial charge in [0.25, 0.3) is 0 Å². The second-order valence-corrected chi connectivity index (χ2v) is 8.63. The fourth-order valence-electron chi connectivity index (χ4n) is 3.61. The Morgan fingerprint density at radius 3 is 1.31 bits per heavy atom. The van der Waals surface area contributed by atoms with Crippen LogP contribution in [0, 0.1) is 0 Å². The number of carbonyl (C=O) groups excluding carboxylic acids is 2. The Morgan fingerprint density at radius 1 is 0.594 bits per heavy atom. The van der Waals surface area contributed by atoms with Crippen molar-refractivity contribution in [2.75, 3.05) is 13.2 Å². The van der Waals surface area contributed by atoms with Crippen LogP contribution in [0.4, 0.5) is 0 Å². The summed E-state index contributed by atoms with van der Waals surface area (Å²) < 4.78 is 10.6. The van der Waals surface area contributed by atoms with Crippen molar-refractivity contribution in [2.24, 2.45) is 0 Å². The van der Waals surface area contributed by atoms with Gasteiger partial charge in [-0.15, -0.1) is 0 Å². The Morgan fingerprint density at radius 2 is 0.938 bits per heavy atom. The Kier molecular flexibility index (Phi) is 17.4. The first kappa shape index (κ1) is 28.1. The van der Waals surface area contributed by atoms with Gasteiger partial charge in [0.2, 0.25) is 0 Å². The lowest BCUT2D eigenvalue weighted by Gasteiger charge is -2.07. The molecule has 0 fully saturated rings. The molecular formula is C27H45NO4. The number of carbonyl (C=O) groups is 2. The molecule has 0 aromatic carbocycles. The van der Waals surface area contributed by atoms with Crippen molar-refractivity contribution in [2.45, 2.75) is 117 Å². The highest BCUT2D eigenvalue weighted by atomic mass is 16.5. The monoisotopic (exact) mass is 447 g/mol. The van der Waals surface area contributed by atoms with E-state index < -0.39 is 11.9 Å². The van der Waals surface area contributed by atoms with E-state index >= 15 is 0 Å². The van der Waals surface area contributed by atoms with Crippen LogP contribution in [0.3, 0.4) is 0 Å². The number of hydrogen-bond acceptors (Lipinski definition) is 5. The molecule has 0 aliphatic heterocycles. The summed E-state index contributed by atoms with van der Waals surface area (Å²) in [6.45, 7) is 5.20. The topological polar surface area (TPSA) is 65.5 Å². The van der Waals surface area contributed by atoms with Crippen molar-refractivity contribution >= 4 is 11.9 Å². The first-order chi connectivity index (χ1) is 15.7. The standard InChI is InChI=1S/C27H45NO4/c1-3-5-7-9-10-11-12-13-14-16-18-23-32-27(30)25-21-19-20-24(28-25)26(29)31-22-17-15-8-6-4-2/h19-21H,3-18,22-23H2,1-2H3. The van der Waals surface area contributed by atoms with Crippen LogP contribution in [0.15, 0.2) is 18.2 Å². The van der Waals surface area contributed by atoms with Gasteiger partial charge in [-0.1, -0.05) is 110 Å². The zero-order valence-corrected chi connectivity index (χ0v) is 20.5. The summed E-state index contributed by atoms with van der Waals surface area (Å²) in [4.78, 5) is 28.5. The molecule has 0 unspecified atom stereocenters. The van der Waals surface area contributed by atoms with Gasteiger partial charge in [0.15, 0.2) is 0 Å². The van der Waals surface area contributed by atoms with E-state index in [0.717, 1.165) is 32.1 Å². The first-order valence-electron chi connectivity index (χ1n) is 13.0. The van der Waals surface area contributed by atoms with Crippen molar-refractivity contribution in [1.82, 2.24) is 4.98 Å². The highest BCUT2D eigenvalue weighted by molar-refractivity contribution is 5.91. The van der Waals surface area contributed by atoms with Gasteiger partial charge in [-0.2, -0.15) is 0 Å². The van der Waals surface area contributed by atoms with Crippen molar-refractivity contribution < 1.29 is 19.1 Å². The lowest BCUT2D eigenvalue weighted by Crippen LogP contribution is -2.13. The third kappa shape index (κ3) is 14.2. The summed E-state index contributed by atoms with van der Waals surface area (Å²) in [5.41, 5.74) is 0.313. The minimum absolute atomic E-state index is 0.155. The summed E-state index contributed by atoms with van der Waals surface area (Å²) in [6, 6.07) is 4.79. The average Bonchev–Trinajstić information content (AvgIpc) is 2.81. The zero-order chi connectivity index (χ0) is 23.3. The third-order valence-corrected chi connectivity index (χ3v) is 5.63. The molecule has 0 atom stereocenters. The number of esters is 2. The number of aromatic nitrogens is 1. The molecule has 32 heavy (non-hydrogen) atoms. The van der Waals surface area contributed by atoms with E-state index in [1.54, 1.807) is 18.2 Å². The molecule has 0 N–H and O–H groups in total. The molecule has 182 valence electrons. The van der Waals surface area contributed by atoms with Gasteiger partial charge < -0.3 is 9.47 Å². The van der Waals surface area contributed by atoms with Gasteiger partial charge in [-0.25, -0.2) is 14.6 Å². The fraction of sp³-hybridized carbons (Fsp3) is 0.741. The highest BCUT2D eigenvalue weighted by Gasteiger charge is 2.14. The Balaban J connectivity index is 2.13. The Labute approximate surface area is 195 Å². The van der Waals surface area contributed by atoms with Crippen LogP contribution >= 0.6 is 0 Å². The van der Waals surface area contributed by atoms with E-state index in [0.29, 0.717) is 13.2 Å². The number of pyridine rings is 1. The van der Waals surface area contributed by atoms with Crippen LogP contribution in [0.1, 0.15) is 138 Å². The molecule has 1 aromatic heterocycles. The van der Waals surface area contributed by atoms with Gasteiger partial charge in [0.1, 0.15) is 11.4 Å². The molecule has 0 saturated carbocycles. The summed E-state index contributed by atoms with van der Waals surface area (Å²) in [5.74, 6) is -0.966. The number of hydrogen-bond donors (Lipinski definition) is 0. The van der Waals surface area contributed by atoms with Crippen LogP contribution in [0.5, 0.6) is 0 Å². The Bertz CT molecular complexity index is 617. The minimum Gasteiger partial charge on any atom is -0.461 e. The number of rotatable bonds is 20. The molecule has 1 rings (SSSR count). The predicted octanol–water partition coefficient (Wildman–Crippen LogP) is 7.68. The van der Waals surface area contributed by atoms with Crippen molar-refractivity contribution in [3.05, 3.63) is 29.6 Å². The summed E-state index contributed by atoms with van der Waals surface area (Å²) in [5, 5.41) is 0. The molecule has 0 radical (unpaired) electrons. The van der Waals surface area contributed by atoms with E-state index in [-0.39, 0.29) is 11.4 Å². The molecule has 0 spiro atoms. The molecule has 0 bridgehead atoms. The van der Waals surface area contributed by atoms with Crippen LogP contribution in [-0.4, -0.2) is 30.1 Å². The summed E-state index contributed by atoms with van der Waals surface area (Å²) in [6.07, 6.45) is 19.2. The van der Waals surface area contributed by atoms with Gasteiger partial charge in [0, 0.05) is 0 Å². The second-order valence-electron chi connectivity index (χ2n) is 8.63. The smallest absolute Gasteiger partial charge is 0.356 e. The van der Waals surface area contributed by atoms with Gasteiger partial charge >= 0.3 is 11.9 Å². The molecule has 0 aliphatic carbocycles. The van der Waals surface area contributed by atoms with E-state index in [9.17, 15) is 9.59 Å². The molecule has 0 aliphatic rings. The number of nitrogens with zero attached hydrogens (tertiary/aromatic N) is 1. The fourth-order valence-corrected chi connectivity index (χ4v) is 3.61.